The van der Waals surface area contributed by atoms with E-state index in [2.05, 4.69) is 14.5 Å². The van der Waals surface area contributed by atoms with Crippen molar-refractivity contribution in [1.29, 1.82) is 0 Å². The second-order valence-electron chi connectivity index (χ2n) is 6.58. The van der Waals surface area contributed by atoms with Crippen molar-refractivity contribution >= 4 is 5.91 Å². The van der Waals surface area contributed by atoms with Crippen LogP contribution in [0, 0.1) is 6.92 Å². The highest BCUT2D eigenvalue weighted by Crippen LogP contribution is 2.28. The number of aryl methyl sites for hydroxylation is 1. The topological polar surface area (TPSA) is 78.7 Å². The minimum atomic E-state index is -0.0854. The molecule has 8 heteroatoms. The lowest BCUT2D eigenvalue weighted by atomic mass is 10.0. The van der Waals surface area contributed by atoms with E-state index in [1.54, 1.807) is 19.2 Å². The van der Waals surface area contributed by atoms with E-state index in [0.717, 1.165) is 24.4 Å². The molecule has 1 atom stereocenters. The third-order valence-corrected chi connectivity index (χ3v) is 4.85. The van der Waals surface area contributed by atoms with E-state index < -0.39 is 0 Å². The lowest BCUT2D eigenvalue weighted by molar-refractivity contribution is 0.0668. The van der Waals surface area contributed by atoms with Crippen LogP contribution in [0.4, 0.5) is 0 Å². The van der Waals surface area contributed by atoms with E-state index in [-0.39, 0.29) is 17.8 Å². The Morgan fingerprint density at radius 1 is 1.26 bits per heavy atom. The van der Waals surface area contributed by atoms with Crippen molar-refractivity contribution in [2.24, 2.45) is 0 Å². The zero-order valence-electron chi connectivity index (χ0n) is 16.3. The number of aromatic nitrogens is 3. The second kappa shape index (κ2) is 8.39. The number of nitrogens with zero attached hydrogens (tertiary/aromatic N) is 4. The molecule has 0 radical (unpaired) electrons. The van der Waals surface area contributed by atoms with Crippen molar-refractivity contribution in [1.82, 2.24) is 19.4 Å². The summed E-state index contributed by atoms with van der Waals surface area (Å²) in [5, 5.41) is 0. The Kier molecular flexibility index (Phi) is 5.95. The van der Waals surface area contributed by atoms with E-state index in [1.165, 1.54) is 14.2 Å². The molecule has 1 aliphatic rings. The first-order chi connectivity index (χ1) is 13.1. The van der Waals surface area contributed by atoms with Crippen molar-refractivity contribution in [2.75, 3.05) is 34.4 Å². The first-order valence-corrected chi connectivity index (χ1v) is 8.99. The molecule has 3 rings (SSSR count). The number of piperidine rings is 1. The van der Waals surface area contributed by atoms with Crippen molar-refractivity contribution < 1.29 is 19.0 Å². The van der Waals surface area contributed by atoms with Crippen LogP contribution in [-0.2, 0) is 11.3 Å². The molecule has 0 aliphatic carbocycles. The monoisotopic (exact) mass is 374 g/mol. The van der Waals surface area contributed by atoms with E-state index in [0.29, 0.717) is 31.1 Å². The molecule has 0 bridgehead atoms. The fraction of sp³-hybridized carbons (Fsp3) is 0.526. The van der Waals surface area contributed by atoms with Crippen molar-refractivity contribution in [2.45, 2.75) is 32.4 Å². The zero-order valence-corrected chi connectivity index (χ0v) is 16.3. The maximum absolute atomic E-state index is 13.1. The first kappa shape index (κ1) is 19.2. The Morgan fingerprint density at radius 2 is 2.07 bits per heavy atom. The predicted molar refractivity (Wildman–Crippen MR) is 99.2 cm³/mol. The van der Waals surface area contributed by atoms with Crippen LogP contribution in [0.3, 0.4) is 0 Å². The van der Waals surface area contributed by atoms with E-state index in [9.17, 15) is 4.79 Å². The predicted octanol–water partition coefficient (Wildman–Crippen LogP) is 2.23. The maximum Gasteiger partial charge on any atom is 0.259 e. The number of amides is 1. The summed E-state index contributed by atoms with van der Waals surface area (Å²) in [5.74, 6) is 1.49. The smallest absolute Gasteiger partial charge is 0.259 e. The number of carbonyl (C=O) groups excluding carboxylic acids is 1. The molecule has 1 amide bonds. The average Bonchev–Trinajstić information content (AvgIpc) is 3.07. The Balaban J connectivity index is 1.82. The normalized spacial score (nSPS) is 17.0. The quantitative estimate of drug-likeness (QED) is 0.772. The molecule has 27 heavy (non-hydrogen) atoms. The molecule has 1 fully saturated rings. The van der Waals surface area contributed by atoms with Gasteiger partial charge in [-0.2, -0.15) is 4.98 Å². The molecular weight excluding hydrogens is 348 g/mol. The summed E-state index contributed by atoms with van der Waals surface area (Å²) in [6.45, 7) is 3.80. The van der Waals surface area contributed by atoms with Crippen LogP contribution >= 0.6 is 0 Å². The number of hydrogen-bond donors (Lipinski definition) is 0. The third kappa shape index (κ3) is 3.90. The van der Waals surface area contributed by atoms with Gasteiger partial charge >= 0.3 is 0 Å². The van der Waals surface area contributed by atoms with Crippen LogP contribution in [0.5, 0.6) is 11.8 Å². The summed E-state index contributed by atoms with van der Waals surface area (Å²) >= 11 is 0. The zero-order chi connectivity index (χ0) is 19.4. The number of methoxy groups -OCH3 is 3. The van der Waals surface area contributed by atoms with Crippen LogP contribution in [0.25, 0.3) is 0 Å². The van der Waals surface area contributed by atoms with Gasteiger partial charge < -0.3 is 23.7 Å². The highest BCUT2D eigenvalue weighted by molar-refractivity contribution is 5.96. The highest BCUT2D eigenvalue weighted by atomic mass is 16.5. The lowest BCUT2D eigenvalue weighted by Gasteiger charge is -2.35. The fourth-order valence-corrected chi connectivity index (χ4v) is 3.61. The van der Waals surface area contributed by atoms with Gasteiger partial charge in [0.05, 0.1) is 20.3 Å². The Bertz CT molecular complexity index is 805. The number of likely N-dealkylation sites (tertiary alicyclic amines) is 1. The SMILES string of the molecule is COCc1ncc(C)n1C1CCCN(C(=O)c2ccc(OC)nc2OC)C1. The van der Waals surface area contributed by atoms with Gasteiger partial charge in [0, 0.05) is 38.2 Å². The molecule has 3 heterocycles. The van der Waals surface area contributed by atoms with Gasteiger partial charge in [-0.3, -0.25) is 4.79 Å². The Labute approximate surface area is 159 Å². The van der Waals surface area contributed by atoms with Gasteiger partial charge in [0.25, 0.3) is 5.91 Å². The summed E-state index contributed by atoms with van der Waals surface area (Å²) in [5.41, 5.74) is 1.52. The summed E-state index contributed by atoms with van der Waals surface area (Å²) in [7, 11) is 4.70. The van der Waals surface area contributed by atoms with E-state index >= 15 is 0 Å². The summed E-state index contributed by atoms with van der Waals surface area (Å²) in [4.78, 5) is 23.6. The Hall–Kier alpha value is -2.61. The van der Waals surface area contributed by atoms with Crippen LogP contribution in [0.1, 0.15) is 40.8 Å². The molecule has 0 N–H and O–H groups in total. The van der Waals surface area contributed by atoms with Crippen LogP contribution < -0.4 is 9.47 Å². The number of ether oxygens (including phenoxy) is 3. The first-order valence-electron chi connectivity index (χ1n) is 8.99. The number of carbonyl (C=O) groups is 1. The Morgan fingerprint density at radius 3 is 2.78 bits per heavy atom. The minimum absolute atomic E-state index is 0.0854. The molecule has 0 aromatic carbocycles. The van der Waals surface area contributed by atoms with Crippen molar-refractivity contribution in [3.05, 3.63) is 35.4 Å². The summed E-state index contributed by atoms with van der Waals surface area (Å²) < 4.78 is 17.9. The average molecular weight is 374 g/mol. The van der Waals surface area contributed by atoms with Gasteiger partial charge in [-0.15, -0.1) is 0 Å². The molecule has 8 nitrogen and oxygen atoms in total. The van der Waals surface area contributed by atoms with Crippen LogP contribution in [0.15, 0.2) is 18.3 Å². The molecule has 1 saturated heterocycles. The summed E-state index contributed by atoms with van der Waals surface area (Å²) in [6, 6.07) is 3.55. The van der Waals surface area contributed by atoms with Crippen molar-refractivity contribution in [3.8, 4) is 11.8 Å². The van der Waals surface area contributed by atoms with E-state index in [4.69, 9.17) is 14.2 Å². The molecule has 146 valence electrons. The van der Waals surface area contributed by atoms with Crippen LogP contribution in [0.2, 0.25) is 0 Å². The fourth-order valence-electron chi connectivity index (χ4n) is 3.61. The van der Waals surface area contributed by atoms with Crippen molar-refractivity contribution in [3.63, 3.8) is 0 Å². The summed E-state index contributed by atoms with van der Waals surface area (Å²) in [6.07, 6.45) is 3.77. The standard InChI is InChI=1S/C19H26N4O4/c1-13-10-20-16(12-25-2)23(13)14-6-5-9-22(11-14)19(24)15-7-8-17(26-3)21-18(15)27-4/h7-8,10,14H,5-6,9,11-12H2,1-4H3. The number of rotatable bonds is 6. The highest BCUT2D eigenvalue weighted by Gasteiger charge is 2.29. The van der Waals surface area contributed by atoms with Gasteiger partial charge in [0.1, 0.15) is 18.0 Å². The van der Waals surface area contributed by atoms with Crippen LogP contribution in [-0.4, -0.2) is 59.8 Å². The third-order valence-electron chi connectivity index (χ3n) is 4.85. The maximum atomic E-state index is 13.1. The largest absolute Gasteiger partial charge is 0.481 e. The molecule has 0 spiro atoms. The molecule has 0 saturated carbocycles. The van der Waals surface area contributed by atoms with Gasteiger partial charge in [-0.05, 0) is 25.8 Å². The van der Waals surface area contributed by atoms with Gasteiger partial charge in [-0.25, -0.2) is 4.98 Å². The van der Waals surface area contributed by atoms with E-state index in [1.807, 2.05) is 18.0 Å². The molecule has 2 aromatic rings. The van der Waals surface area contributed by atoms with Gasteiger partial charge in [0.2, 0.25) is 11.8 Å². The van der Waals surface area contributed by atoms with Gasteiger partial charge in [0.15, 0.2) is 0 Å². The molecule has 2 aromatic heterocycles. The molecule has 1 unspecified atom stereocenters. The molecule has 1 aliphatic heterocycles. The minimum Gasteiger partial charge on any atom is -0.481 e. The number of hydrogen-bond acceptors (Lipinski definition) is 6. The number of pyridine rings is 1. The number of imidazole rings is 1. The molecular formula is C19H26N4O4. The van der Waals surface area contributed by atoms with Gasteiger partial charge in [-0.1, -0.05) is 0 Å². The lowest BCUT2D eigenvalue weighted by Crippen LogP contribution is -2.41. The second-order valence-corrected chi connectivity index (χ2v) is 6.58.